The minimum atomic E-state index is 0.782. The van der Waals surface area contributed by atoms with Gasteiger partial charge in [-0.3, -0.25) is 9.38 Å². The Labute approximate surface area is 125 Å². The van der Waals surface area contributed by atoms with Crippen LogP contribution < -0.4 is 4.74 Å². The fraction of sp³-hybridized carbons (Fsp3) is 0.200. The molecular weight excluding hydrogens is 318 g/mol. The number of rotatable bonds is 3. The number of methoxy groups -OCH3 is 1. The first-order valence-corrected chi connectivity index (χ1v) is 7.18. The van der Waals surface area contributed by atoms with E-state index in [1.165, 1.54) is 5.56 Å². The van der Waals surface area contributed by atoms with E-state index in [2.05, 4.69) is 45.0 Å². The first kappa shape index (κ1) is 13.1. The summed E-state index contributed by atoms with van der Waals surface area (Å²) >= 11 is 3.48. The Morgan fingerprint density at radius 1 is 1.35 bits per heavy atom. The number of hydrogen-bond donors (Lipinski definition) is 0. The number of imidazole rings is 1. The fourth-order valence-corrected chi connectivity index (χ4v) is 2.70. The molecule has 3 aromatic rings. The van der Waals surface area contributed by atoms with E-state index in [4.69, 9.17) is 4.74 Å². The fourth-order valence-electron chi connectivity index (χ4n) is 2.24. The lowest BCUT2D eigenvalue weighted by atomic mass is 10.1. The molecule has 1 aromatic carbocycles. The van der Waals surface area contributed by atoms with Crippen LogP contribution in [0.2, 0.25) is 0 Å². The predicted octanol–water partition coefficient (Wildman–Crippen LogP) is 3.73. The number of halogens is 1. The lowest BCUT2D eigenvalue weighted by Crippen LogP contribution is -1.95. The molecule has 0 atom stereocenters. The number of aromatic nitrogens is 3. The molecule has 0 unspecified atom stereocenters. The highest BCUT2D eigenvalue weighted by Crippen LogP contribution is 2.33. The van der Waals surface area contributed by atoms with Gasteiger partial charge in [0, 0.05) is 12.4 Å². The monoisotopic (exact) mass is 331 g/mol. The van der Waals surface area contributed by atoms with Gasteiger partial charge in [-0.15, -0.1) is 0 Å². The number of ether oxygens (including phenoxy) is 1. The highest BCUT2D eigenvalue weighted by molar-refractivity contribution is 9.10. The van der Waals surface area contributed by atoms with Gasteiger partial charge in [0.2, 0.25) is 0 Å². The molecule has 0 aliphatic carbocycles. The lowest BCUT2D eigenvalue weighted by molar-refractivity contribution is 0.416. The topological polar surface area (TPSA) is 39.4 Å². The Kier molecular flexibility index (Phi) is 3.44. The van der Waals surface area contributed by atoms with Crippen molar-refractivity contribution in [2.24, 2.45) is 0 Å². The van der Waals surface area contributed by atoms with Crippen LogP contribution in [0.1, 0.15) is 12.5 Å². The standard InChI is InChI=1S/C15H14BrN3O/c1-3-10-4-5-13(20-2)11(8-10)15-18-14(16)12-9-17-6-7-19(12)15/h4-9H,3H2,1-2H3. The molecule has 0 saturated carbocycles. The zero-order valence-electron chi connectivity index (χ0n) is 11.3. The van der Waals surface area contributed by atoms with Gasteiger partial charge in [0.05, 0.1) is 24.4 Å². The van der Waals surface area contributed by atoms with E-state index in [-0.39, 0.29) is 0 Å². The maximum atomic E-state index is 5.47. The molecule has 2 aromatic heterocycles. The van der Waals surface area contributed by atoms with Crippen molar-refractivity contribution < 1.29 is 4.74 Å². The maximum Gasteiger partial charge on any atom is 0.149 e. The summed E-state index contributed by atoms with van der Waals surface area (Å²) in [5.74, 6) is 1.67. The van der Waals surface area contributed by atoms with E-state index < -0.39 is 0 Å². The first-order valence-electron chi connectivity index (χ1n) is 6.39. The van der Waals surface area contributed by atoms with Crippen molar-refractivity contribution in [3.05, 3.63) is 47.0 Å². The summed E-state index contributed by atoms with van der Waals surface area (Å²) in [5.41, 5.74) is 3.17. The van der Waals surface area contributed by atoms with Crippen LogP contribution in [-0.4, -0.2) is 21.5 Å². The highest BCUT2D eigenvalue weighted by atomic mass is 79.9. The summed E-state index contributed by atoms with van der Waals surface area (Å²) in [6.45, 7) is 2.13. The molecule has 3 rings (SSSR count). The molecule has 0 saturated heterocycles. The third kappa shape index (κ3) is 2.08. The van der Waals surface area contributed by atoms with Crippen LogP contribution in [0.15, 0.2) is 41.4 Å². The van der Waals surface area contributed by atoms with Crippen LogP contribution >= 0.6 is 15.9 Å². The maximum absolute atomic E-state index is 5.47. The molecule has 102 valence electrons. The van der Waals surface area contributed by atoms with Gasteiger partial charge in [0.1, 0.15) is 16.2 Å². The molecule has 0 fully saturated rings. The third-order valence-electron chi connectivity index (χ3n) is 3.31. The molecule has 4 nitrogen and oxygen atoms in total. The molecule has 0 aliphatic rings. The molecule has 0 spiro atoms. The summed E-state index contributed by atoms with van der Waals surface area (Å²) in [6, 6.07) is 6.19. The van der Waals surface area contributed by atoms with Crippen molar-refractivity contribution >= 4 is 21.4 Å². The van der Waals surface area contributed by atoms with E-state index in [1.807, 2.05) is 16.7 Å². The summed E-state index contributed by atoms with van der Waals surface area (Å²) in [5, 5.41) is 0. The van der Waals surface area contributed by atoms with Crippen molar-refractivity contribution in [3.63, 3.8) is 0 Å². The van der Waals surface area contributed by atoms with E-state index in [1.54, 1.807) is 19.5 Å². The average molecular weight is 332 g/mol. The minimum absolute atomic E-state index is 0.782. The second-order valence-corrected chi connectivity index (χ2v) is 5.20. The largest absolute Gasteiger partial charge is 0.496 e. The van der Waals surface area contributed by atoms with Crippen LogP contribution in [0.3, 0.4) is 0 Å². The van der Waals surface area contributed by atoms with Crippen LogP contribution in [-0.2, 0) is 6.42 Å². The molecular formula is C15H14BrN3O. The van der Waals surface area contributed by atoms with Crippen LogP contribution in [0.5, 0.6) is 5.75 Å². The molecule has 0 amide bonds. The summed E-state index contributed by atoms with van der Waals surface area (Å²) in [6.07, 6.45) is 6.42. The van der Waals surface area contributed by atoms with E-state index in [0.717, 1.165) is 33.7 Å². The van der Waals surface area contributed by atoms with Gasteiger partial charge in [0.15, 0.2) is 0 Å². The quantitative estimate of drug-likeness (QED) is 0.734. The lowest BCUT2D eigenvalue weighted by Gasteiger charge is -2.09. The Hall–Kier alpha value is -1.88. The van der Waals surface area contributed by atoms with Gasteiger partial charge >= 0.3 is 0 Å². The Morgan fingerprint density at radius 3 is 2.95 bits per heavy atom. The normalized spacial score (nSPS) is 10.9. The summed E-state index contributed by atoms with van der Waals surface area (Å²) in [4.78, 5) is 8.74. The molecule has 0 aliphatic heterocycles. The number of nitrogens with zero attached hydrogens (tertiary/aromatic N) is 3. The SMILES string of the molecule is CCc1ccc(OC)c(-c2nc(Br)c3cnccn23)c1. The molecule has 0 radical (unpaired) electrons. The second kappa shape index (κ2) is 5.25. The molecule has 20 heavy (non-hydrogen) atoms. The second-order valence-electron chi connectivity index (χ2n) is 4.45. The van der Waals surface area contributed by atoms with Crippen LogP contribution in [0, 0.1) is 0 Å². The van der Waals surface area contributed by atoms with E-state index in [9.17, 15) is 0 Å². The van der Waals surface area contributed by atoms with Crippen molar-refractivity contribution in [3.8, 4) is 17.1 Å². The summed E-state index contributed by atoms with van der Waals surface area (Å²) < 4.78 is 8.26. The van der Waals surface area contributed by atoms with Crippen molar-refractivity contribution in [2.75, 3.05) is 7.11 Å². The summed E-state index contributed by atoms with van der Waals surface area (Å²) in [7, 11) is 1.68. The van der Waals surface area contributed by atoms with Gasteiger partial charge < -0.3 is 4.74 Å². The third-order valence-corrected chi connectivity index (χ3v) is 3.90. The molecule has 2 heterocycles. The number of aryl methyl sites for hydroxylation is 1. The molecule has 5 heteroatoms. The number of fused-ring (bicyclic) bond motifs is 1. The van der Waals surface area contributed by atoms with Gasteiger partial charge in [-0.1, -0.05) is 13.0 Å². The Morgan fingerprint density at radius 2 is 2.20 bits per heavy atom. The number of hydrogen-bond acceptors (Lipinski definition) is 3. The van der Waals surface area contributed by atoms with Gasteiger partial charge in [0.25, 0.3) is 0 Å². The molecule has 0 N–H and O–H groups in total. The minimum Gasteiger partial charge on any atom is -0.496 e. The first-order chi connectivity index (χ1) is 9.74. The smallest absolute Gasteiger partial charge is 0.149 e. The average Bonchev–Trinajstić information content (AvgIpc) is 2.84. The van der Waals surface area contributed by atoms with E-state index >= 15 is 0 Å². The Bertz CT molecular complexity index is 767. The zero-order valence-corrected chi connectivity index (χ0v) is 12.9. The van der Waals surface area contributed by atoms with Crippen molar-refractivity contribution in [2.45, 2.75) is 13.3 Å². The number of benzene rings is 1. The van der Waals surface area contributed by atoms with Gasteiger partial charge in [-0.2, -0.15) is 0 Å². The van der Waals surface area contributed by atoms with Gasteiger partial charge in [-0.25, -0.2) is 4.98 Å². The van der Waals surface area contributed by atoms with Crippen LogP contribution in [0.25, 0.3) is 16.9 Å². The predicted molar refractivity (Wildman–Crippen MR) is 82.1 cm³/mol. The van der Waals surface area contributed by atoms with Crippen LogP contribution in [0.4, 0.5) is 0 Å². The highest BCUT2D eigenvalue weighted by Gasteiger charge is 2.15. The zero-order chi connectivity index (χ0) is 14.1. The van der Waals surface area contributed by atoms with Crippen molar-refractivity contribution in [1.82, 2.24) is 14.4 Å². The van der Waals surface area contributed by atoms with E-state index in [0.29, 0.717) is 0 Å². The molecule has 0 bridgehead atoms. The van der Waals surface area contributed by atoms with Gasteiger partial charge in [-0.05, 0) is 40.0 Å². The van der Waals surface area contributed by atoms with Crippen molar-refractivity contribution in [1.29, 1.82) is 0 Å². The Balaban J connectivity index is 2.30.